The van der Waals surface area contributed by atoms with Gasteiger partial charge in [0.1, 0.15) is 5.82 Å². The Labute approximate surface area is 112 Å². The normalized spacial score (nSPS) is 15.5. The molecule has 1 aromatic carbocycles. The molecule has 0 unspecified atom stereocenters. The van der Waals surface area contributed by atoms with E-state index in [0.717, 1.165) is 43.1 Å². The topological polar surface area (TPSA) is 51.4 Å². The zero-order valence-corrected chi connectivity index (χ0v) is 10.7. The van der Waals surface area contributed by atoms with Gasteiger partial charge in [0, 0.05) is 30.5 Å². The number of anilines is 2. The van der Waals surface area contributed by atoms with Crippen LogP contribution in [-0.4, -0.2) is 31.3 Å². The van der Waals surface area contributed by atoms with E-state index in [1.165, 1.54) is 0 Å². The Hall–Kier alpha value is -2.07. The van der Waals surface area contributed by atoms with Gasteiger partial charge in [-0.3, -0.25) is 0 Å². The number of pyridine rings is 1. The van der Waals surface area contributed by atoms with Crippen LogP contribution >= 0.6 is 0 Å². The van der Waals surface area contributed by atoms with Gasteiger partial charge in [-0.05, 0) is 11.6 Å². The maximum Gasteiger partial charge on any atom is 0.133 e. The van der Waals surface area contributed by atoms with Crippen molar-refractivity contribution in [2.75, 3.05) is 36.9 Å². The highest BCUT2D eigenvalue weighted by molar-refractivity contribution is 5.86. The first-order valence-electron chi connectivity index (χ1n) is 6.49. The van der Waals surface area contributed by atoms with Gasteiger partial charge in [0.15, 0.2) is 0 Å². The van der Waals surface area contributed by atoms with E-state index in [1.807, 2.05) is 24.3 Å². The Bertz CT molecular complexity index is 551. The zero-order valence-electron chi connectivity index (χ0n) is 10.7. The lowest BCUT2D eigenvalue weighted by molar-refractivity contribution is 0.123. The van der Waals surface area contributed by atoms with Crippen LogP contribution in [0.1, 0.15) is 0 Å². The molecule has 0 atom stereocenters. The van der Waals surface area contributed by atoms with Crippen LogP contribution in [-0.2, 0) is 4.74 Å². The summed E-state index contributed by atoms with van der Waals surface area (Å²) < 4.78 is 5.41. The minimum atomic E-state index is 0.579. The minimum Gasteiger partial charge on any atom is -0.383 e. The van der Waals surface area contributed by atoms with E-state index in [9.17, 15) is 0 Å². The van der Waals surface area contributed by atoms with E-state index >= 15 is 0 Å². The van der Waals surface area contributed by atoms with Gasteiger partial charge in [-0.15, -0.1) is 0 Å². The van der Waals surface area contributed by atoms with Crippen molar-refractivity contribution in [3.8, 4) is 11.1 Å². The van der Waals surface area contributed by atoms with Crippen molar-refractivity contribution in [2.45, 2.75) is 0 Å². The molecule has 98 valence electrons. The van der Waals surface area contributed by atoms with E-state index in [-0.39, 0.29) is 0 Å². The second-order valence-corrected chi connectivity index (χ2v) is 4.56. The third-order valence-electron chi connectivity index (χ3n) is 3.37. The van der Waals surface area contributed by atoms with Gasteiger partial charge in [0.05, 0.1) is 13.2 Å². The fourth-order valence-corrected chi connectivity index (χ4v) is 2.44. The van der Waals surface area contributed by atoms with Crippen LogP contribution in [0.4, 0.5) is 11.5 Å². The molecule has 0 saturated carbocycles. The molecule has 4 nitrogen and oxygen atoms in total. The van der Waals surface area contributed by atoms with E-state index in [1.54, 1.807) is 6.20 Å². The highest BCUT2D eigenvalue weighted by Gasteiger charge is 2.17. The summed E-state index contributed by atoms with van der Waals surface area (Å²) in [5, 5.41) is 0. The summed E-state index contributed by atoms with van der Waals surface area (Å²) in [5.41, 5.74) is 9.36. The number of aromatic nitrogens is 1. The summed E-state index contributed by atoms with van der Waals surface area (Å²) in [6, 6.07) is 12.2. The second kappa shape index (κ2) is 5.28. The first-order valence-corrected chi connectivity index (χ1v) is 6.49. The molecule has 4 heteroatoms. The molecule has 0 bridgehead atoms. The predicted molar refractivity (Wildman–Crippen MR) is 77.1 cm³/mol. The molecule has 1 aromatic heterocycles. The molecule has 1 aliphatic heterocycles. The molecule has 2 heterocycles. The first-order chi connectivity index (χ1) is 9.36. The number of nitrogen functional groups attached to an aromatic ring is 1. The largest absolute Gasteiger partial charge is 0.383 e. The monoisotopic (exact) mass is 255 g/mol. The summed E-state index contributed by atoms with van der Waals surface area (Å²) in [6.45, 7) is 3.31. The molecule has 19 heavy (non-hydrogen) atoms. The van der Waals surface area contributed by atoms with Gasteiger partial charge in [0.25, 0.3) is 0 Å². The van der Waals surface area contributed by atoms with Crippen molar-refractivity contribution in [1.82, 2.24) is 4.98 Å². The summed E-state index contributed by atoms with van der Waals surface area (Å²) in [4.78, 5) is 6.54. The number of rotatable bonds is 2. The number of benzene rings is 1. The molecule has 2 aromatic rings. The van der Waals surface area contributed by atoms with Crippen LogP contribution in [0, 0.1) is 0 Å². The molecule has 1 saturated heterocycles. The van der Waals surface area contributed by atoms with Gasteiger partial charge >= 0.3 is 0 Å². The summed E-state index contributed by atoms with van der Waals surface area (Å²) >= 11 is 0. The quantitative estimate of drug-likeness (QED) is 0.893. The average molecular weight is 255 g/mol. The highest BCUT2D eigenvalue weighted by atomic mass is 16.5. The summed E-state index contributed by atoms with van der Waals surface area (Å²) in [5.74, 6) is 0.579. The third kappa shape index (κ3) is 2.39. The molecule has 0 spiro atoms. The number of ether oxygens (including phenoxy) is 1. The van der Waals surface area contributed by atoms with Crippen LogP contribution in [0.25, 0.3) is 11.1 Å². The zero-order chi connectivity index (χ0) is 13.1. The number of nitrogens with zero attached hydrogens (tertiary/aromatic N) is 2. The molecular formula is C15H17N3O. The fourth-order valence-electron chi connectivity index (χ4n) is 2.44. The fraction of sp³-hybridized carbons (Fsp3) is 0.267. The molecule has 1 aliphatic rings. The highest BCUT2D eigenvalue weighted by Crippen LogP contribution is 2.34. The molecular weight excluding hydrogens is 238 g/mol. The smallest absolute Gasteiger partial charge is 0.133 e. The van der Waals surface area contributed by atoms with Gasteiger partial charge < -0.3 is 15.4 Å². The molecule has 2 N–H and O–H groups in total. The lowest BCUT2D eigenvalue weighted by Crippen LogP contribution is -2.36. The molecule has 0 aliphatic carbocycles. The SMILES string of the molecule is Nc1nccc(N2CCOCC2)c1-c1ccccc1. The molecule has 3 rings (SSSR count). The van der Waals surface area contributed by atoms with Crippen molar-refractivity contribution in [3.05, 3.63) is 42.6 Å². The van der Waals surface area contributed by atoms with Crippen molar-refractivity contribution < 1.29 is 4.74 Å². The molecule has 0 radical (unpaired) electrons. The lowest BCUT2D eigenvalue weighted by Gasteiger charge is -2.30. The van der Waals surface area contributed by atoms with Crippen LogP contribution < -0.4 is 10.6 Å². The standard InChI is InChI=1S/C15H17N3O/c16-15-14(12-4-2-1-3-5-12)13(6-7-17-15)18-8-10-19-11-9-18/h1-7H,8-11H2,(H2,16,17). The van der Waals surface area contributed by atoms with Crippen LogP contribution in [0.3, 0.4) is 0 Å². The van der Waals surface area contributed by atoms with E-state index in [2.05, 4.69) is 22.0 Å². The maximum absolute atomic E-state index is 6.09. The van der Waals surface area contributed by atoms with Crippen molar-refractivity contribution in [2.24, 2.45) is 0 Å². The summed E-state index contributed by atoms with van der Waals surface area (Å²) in [7, 11) is 0. The average Bonchev–Trinajstić information content (AvgIpc) is 2.49. The minimum absolute atomic E-state index is 0.579. The number of hydrogen-bond acceptors (Lipinski definition) is 4. The predicted octanol–water partition coefficient (Wildman–Crippen LogP) is 2.17. The van der Waals surface area contributed by atoms with Crippen molar-refractivity contribution >= 4 is 11.5 Å². The Balaban J connectivity index is 2.07. The Morgan fingerprint density at radius 1 is 1.05 bits per heavy atom. The van der Waals surface area contributed by atoms with Gasteiger partial charge in [0.2, 0.25) is 0 Å². The van der Waals surface area contributed by atoms with Gasteiger partial charge in [-0.2, -0.15) is 0 Å². The van der Waals surface area contributed by atoms with Gasteiger partial charge in [-0.1, -0.05) is 30.3 Å². The Morgan fingerprint density at radius 2 is 1.79 bits per heavy atom. The van der Waals surface area contributed by atoms with Gasteiger partial charge in [-0.25, -0.2) is 4.98 Å². The lowest BCUT2D eigenvalue weighted by atomic mass is 10.0. The van der Waals surface area contributed by atoms with Crippen molar-refractivity contribution in [1.29, 1.82) is 0 Å². The molecule has 0 amide bonds. The maximum atomic E-state index is 6.09. The first kappa shape index (κ1) is 12.0. The van der Waals surface area contributed by atoms with E-state index < -0.39 is 0 Å². The summed E-state index contributed by atoms with van der Waals surface area (Å²) in [6.07, 6.45) is 1.77. The Morgan fingerprint density at radius 3 is 2.53 bits per heavy atom. The van der Waals surface area contributed by atoms with Crippen molar-refractivity contribution in [3.63, 3.8) is 0 Å². The second-order valence-electron chi connectivity index (χ2n) is 4.56. The van der Waals surface area contributed by atoms with Crippen LogP contribution in [0.5, 0.6) is 0 Å². The van der Waals surface area contributed by atoms with Crippen LogP contribution in [0.15, 0.2) is 42.6 Å². The van der Waals surface area contributed by atoms with E-state index in [4.69, 9.17) is 10.5 Å². The number of nitrogens with two attached hydrogens (primary N) is 1. The number of morpholine rings is 1. The number of hydrogen-bond donors (Lipinski definition) is 1. The van der Waals surface area contributed by atoms with Crippen LogP contribution in [0.2, 0.25) is 0 Å². The Kier molecular flexibility index (Phi) is 3.33. The molecule has 1 fully saturated rings. The van der Waals surface area contributed by atoms with E-state index in [0.29, 0.717) is 5.82 Å². The third-order valence-corrected chi connectivity index (χ3v) is 3.37.